The lowest BCUT2D eigenvalue weighted by Gasteiger charge is -2.33. The average Bonchev–Trinajstić information content (AvgIpc) is 2.82. The Hall–Kier alpha value is -2.04. The number of primary amides is 1. The quantitative estimate of drug-likeness (QED) is 0.881. The third kappa shape index (κ3) is 2.80. The van der Waals surface area contributed by atoms with E-state index < -0.39 is 6.03 Å². The van der Waals surface area contributed by atoms with E-state index in [4.69, 9.17) is 5.73 Å². The van der Waals surface area contributed by atoms with Gasteiger partial charge in [-0.05, 0) is 56.4 Å². The summed E-state index contributed by atoms with van der Waals surface area (Å²) in [4.78, 5) is 25.8. The second kappa shape index (κ2) is 5.99. The van der Waals surface area contributed by atoms with Crippen molar-refractivity contribution in [2.24, 2.45) is 11.7 Å². The second-order valence-corrected chi connectivity index (χ2v) is 6.48. The Morgan fingerprint density at radius 2 is 1.86 bits per heavy atom. The van der Waals surface area contributed by atoms with Crippen LogP contribution < -0.4 is 11.1 Å². The summed E-state index contributed by atoms with van der Waals surface area (Å²) in [6.07, 6.45) is 6.02. The number of amides is 3. The van der Waals surface area contributed by atoms with Gasteiger partial charge in [0.05, 0.1) is 0 Å². The molecule has 1 aromatic carbocycles. The number of urea groups is 1. The maximum Gasteiger partial charge on any atom is 0.316 e. The molecule has 0 radical (unpaired) electrons. The van der Waals surface area contributed by atoms with Crippen molar-refractivity contribution >= 4 is 17.6 Å². The molecule has 118 valence electrons. The molecule has 3 rings (SSSR count). The van der Waals surface area contributed by atoms with Gasteiger partial charge < -0.3 is 16.0 Å². The predicted molar refractivity (Wildman–Crippen MR) is 85.6 cm³/mol. The zero-order valence-electron chi connectivity index (χ0n) is 12.9. The van der Waals surface area contributed by atoms with Gasteiger partial charge in [0.1, 0.15) is 0 Å². The first-order chi connectivity index (χ1) is 10.6. The fourth-order valence-corrected chi connectivity index (χ4v) is 4.05. The van der Waals surface area contributed by atoms with Gasteiger partial charge in [-0.15, -0.1) is 0 Å². The lowest BCUT2D eigenvalue weighted by molar-refractivity contribution is 0.0633. The fourth-order valence-electron chi connectivity index (χ4n) is 4.05. The highest BCUT2D eigenvalue weighted by Gasteiger charge is 2.42. The molecule has 3 atom stereocenters. The first-order valence-electron chi connectivity index (χ1n) is 8.05. The van der Waals surface area contributed by atoms with Crippen molar-refractivity contribution in [2.75, 3.05) is 5.32 Å². The number of carbonyl (C=O) groups excluding carboxylic acids is 2. The molecular weight excluding hydrogens is 278 g/mol. The predicted octanol–water partition coefficient (Wildman–Crippen LogP) is 2.97. The van der Waals surface area contributed by atoms with E-state index in [0.29, 0.717) is 29.3 Å². The van der Waals surface area contributed by atoms with Crippen LogP contribution in [-0.2, 0) is 0 Å². The summed E-state index contributed by atoms with van der Waals surface area (Å²) in [5, 5.41) is 2.51. The second-order valence-electron chi connectivity index (χ2n) is 6.48. The molecule has 0 spiro atoms. The molecule has 1 aromatic rings. The van der Waals surface area contributed by atoms with E-state index in [1.807, 2.05) is 0 Å². The number of anilines is 1. The van der Waals surface area contributed by atoms with Crippen molar-refractivity contribution in [1.29, 1.82) is 0 Å². The molecule has 22 heavy (non-hydrogen) atoms. The van der Waals surface area contributed by atoms with Crippen LogP contribution in [0.25, 0.3) is 0 Å². The number of hydrogen-bond donors (Lipinski definition) is 2. The maximum atomic E-state index is 12.9. The van der Waals surface area contributed by atoms with Crippen LogP contribution in [0, 0.1) is 5.92 Å². The van der Waals surface area contributed by atoms with Gasteiger partial charge in [0.25, 0.3) is 5.91 Å². The lowest BCUT2D eigenvalue weighted by atomic mass is 9.85. The molecule has 3 unspecified atom stereocenters. The van der Waals surface area contributed by atoms with Crippen LogP contribution in [0.4, 0.5) is 10.5 Å². The topological polar surface area (TPSA) is 75.4 Å². The van der Waals surface area contributed by atoms with E-state index in [2.05, 4.69) is 17.1 Å². The molecule has 2 aliphatic rings. The number of benzene rings is 1. The van der Waals surface area contributed by atoms with Crippen LogP contribution in [0.15, 0.2) is 24.3 Å². The summed E-state index contributed by atoms with van der Waals surface area (Å²) in [6, 6.07) is 7.07. The molecule has 1 aliphatic carbocycles. The van der Waals surface area contributed by atoms with Crippen LogP contribution in [0.2, 0.25) is 0 Å². The minimum Gasteiger partial charge on any atom is -0.351 e. The maximum absolute atomic E-state index is 12.9. The van der Waals surface area contributed by atoms with Gasteiger partial charge in [-0.2, -0.15) is 0 Å². The van der Waals surface area contributed by atoms with Crippen molar-refractivity contribution < 1.29 is 9.59 Å². The smallest absolute Gasteiger partial charge is 0.316 e. The first-order valence-corrected chi connectivity index (χ1v) is 8.05. The van der Waals surface area contributed by atoms with Gasteiger partial charge in [-0.1, -0.05) is 12.8 Å². The molecule has 0 aromatic heterocycles. The van der Waals surface area contributed by atoms with Crippen molar-refractivity contribution in [2.45, 2.75) is 51.1 Å². The largest absolute Gasteiger partial charge is 0.351 e. The van der Waals surface area contributed by atoms with Crippen molar-refractivity contribution in [1.82, 2.24) is 4.90 Å². The highest BCUT2D eigenvalue weighted by molar-refractivity contribution is 5.96. The number of carbonyl (C=O) groups is 2. The molecule has 5 nitrogen and oxygen atoms in total. The van der Waals surface area contributed by atoms with Gasteiger partial charge in [0, 0.05) is 23.3 Å². The summed E-state index contributed by atoms with van der Waals surface area (Å²) >= 11 is 0. The van der Waals surface area contributed by atoms with E-state index in [-0.39, 0.29) is 5.91 Å². The zero-order valence-corrected chi connectivity index (χ0v) is 12.9. The molecule has 1 heterocycles. The monoisotopic (exact) mass is 301 g/mol. The normalized spacial score (nSPS) is 27.3. The Kier molecular flexibility index (Phi) is 4.05. The lowest BCUT2D eigenvalue weighted by Crippen LogP contribution is -2.42. The van der Waals surface area contributed by atoms with Crippen molar-refractivity contribution in [3.05, 3.63) is 29.8 Å². The van der Waals surface area contributed by atoms with Gasteiger partial charge >= 0.3 is 6.03 Å². The molecule has 1 saturated carbocycles. The van der Waals surface area contributed by atoms with Crippen LogP contribution in [0.1, 0.15) is 49.4 Å². The number of hydrogen-bond acceptors (Lipinski definition) is 2. The highest BCUT2D eigenvalue weighted by atomic mass is 16.2. The molecule has 5 heteroatoms. The third-order valence-electron chi connectivity index (χ3n) is 4.98. The van der Waals surface area contributed by atoms with Crippen molar-refractivity contribution in [3.8, 4) is 0 Å². The van der Waals surface area contributed by atoms with Crippen LogP contribution in [0.5, 0.6) is 0 Å². The first kappa shape index (κ1) is 14.9. The summed E-state index contributed by atoms with van der Waals surface area (Å²) in [5.74, 6) is 0.774. The third-order valence-corrected chi connectivity index (χ3v) is 4.98. The molecule has 2 fully saturated rings. The SMILES string of the molecule is CC1CC2CCCCC2N1C(=O)c1ccc(NC(N)=O)cc1. The molecule has 3 N–H and O–H groups in total. The Morgan fingerprint density at radius 1 is 1.18 bits per heavy atom. The summed E-state index contributed by atoms with van der Waals surface area (Å²) in [6.45, 7) is 2.15. The van der Waals surface area contributed by atoms with Gasteiger partial charge in [-0.25, -0.2) is 4.79 Å². The minimum atomic E-state index is -0.600. The summed E-state index contributed by atoms with van der Waals surface area (Å²) < 4.78 is 0. The highest BCUT2D eigenvalue weighted by Crippen LogP contribution is 2.40. The molecule has 1 aliphatic heterocycles. The van der Waals surface area contributed by atoms with E-state index in [0.717, 1.165) is 12.8 Å². The van der Waals surface area contributed by atoms with Crippen LogP contribution in [-0.4, -0.2) is 28.9 Å². The summed E-state index contributed by atoms with van der Waals surface area (Å²) in [5.41, 5.74) is 6.37. The van der Waals surface area contributed by atoms with E-state index in [1.165, 1.54) is 19.3 Å². The molecule has 1 saturated heterocycles. The molecular formula is C17H23N3O2. The zero-order chi connectivity index (χ0) is 15.7. The number of fused-ring (bicyclic) bond motifs is 1. The van der Waals surface area contributed by atoms with Gasteiger partial charge in [0.15, 0.2) is 0 Å². The van der Waals surface area contributed by atoms with Crippen molar-refractivity contribution in [3.63, 3.8) is 0 Å². The Bertz CT molecular complexity index is 570. The number of nitrogens with two attached hydrogens (primary N) is 1. The van der Waals surface area contributed by atoms with E-state index >= 15 is 0 Å². The van der Waals surface area contributed by atoms with E-state index in [1.54, 1.807) is 24.3 Å². The number of rotatable bonds is 2. The Morgan fingerprint density at radius 3 is 2.55 bits per heavy atom. The van der Waals surface area contributed by atoms with Gasteiger partial charge in [-0.3, -0.25) is 4.79 Å². The standard InChI is InChI=1S/C17H23N3O2/c1-11-10-13-4-2-3-5-15(13)20(11)16(21)12-6-8-14(9-7-12)19-17(18)22/h6-9,11,13,15H,2-5,10H2,1H3,(H3,18,19,22). The van der Waals surface area contributed by atoms with E-state index in [9.17, 15) is 9.59 Å². The van der Waals surface area contributed by atoms with Crippen LogP contribution >= 0.6 is 0 Å². The number of nitrogens with zero attached hydrogens (tertiary/aromatic N) is 1. The molecule has 0 bridgehead atoms. The minimum absolute atomic E-state index is 0.104. The number of nitrogens with one attached hydrogen (secondary N) is 1. The van der Waals surface area contributed by atoms with Crippen LogP contribution in [0.3, 0.4) is 0 Å². The van der Waals surface area contributed by atoms with Gasteiger partial charge in [0.2, 0.25) is 0 Å². The Labute approximate surface area is 130 Å². The number of likely N-dealkylation sites (tertiary alicyclic amines) is 1. The fraction of sp³-hybridized carbons (Fsp3) is 0.529. The summed E-state index contributed by atoms with van der Waals surface area (Å²) in [7, 11) is 0. The average molecular weight is 301 g/mol. The Balaban J connectivity index is 1.76. The molecule has 3 amide bonds.